The Kier molecular flexibility index (Phi) is 7.86. The molecule has 0 bridgehead atoms. The number of nitrogens with one attached hydrogen (secondary N) is 1. The highest BCUT2D eigenvalue weighted by Crippen LogP contribution is 2.28. The first-order valence-corrected chi connectivity index (χ1v) is 9.55. The van der Waals surface area contributed by atoms with Crippen LogP contribution in [-0.2, 0) is 14.8 Å². The Balaban J connectivity index is 0.00000312. The number of sulfonamides is 1. The van der Waals surface area contributed by atoms with Gasteiger partial charge in [-0.05, 0) is 33.7 Å². The molecule has 1 aromatic heterocycles. The van der Waals surface area contributed by atoms with E-state index in [1.165, 1.54) is 4.31 Å². The SMILES string of the molecule is CNCCN(C)C(=O)C1CCN(S(=O)(=O)c2c(C)noc2C)CC1.Cl. The van der Waals surface area contributed by atoms with Crippen LogP contribution in [0.2, 0.25) is 0 Å². The molecule has 2 heterocycles. The van der Waals surface area contributed by atoms with E-state index < -0.39 is 10.0 Å². The number of piperidine rings is 1. The van der Waals surface area contributed by atoms with Crippen molar-refractivity contribution in [2.24, 2.45) is 5.92 Å². The molecule has 0 unspecified atom stereocenters. The first-order valence-electron chi connectivity index (χ1n) is 8.11. The fourth-order valence-corrected chi connectivity index (χ4v) is 4.78. The van der Waals surface area contributed by atoms with Gasteiger partial charge < -0.3 is 14.7 Å². The predicted molar refractivity (Wildman–Crippen MR) is 96.3 cm³/mol. The number of hydrogen-bond donors (Lipinski definition) is 1. The largest absolute Gasteiger partial charge is 0.360 e. The molecule has 1 amide bonds. The van der Waals surface area contributed by atoms with Crippen molar-refractivity contribution in [1.82, 2.24) is 19.7 Å². The summed E-state index contributed by atoms with van der Waals surface area (Å²) in [5.74, 6) is 0.264. The lowest BCUT2D eigenvalue weighted by atomic mass is 9.97. The van der Waals surface area contributed by atoms with Gasteiger partial charge in [0.1, 0.15) is 10.6 Å². The average molecular weight is 395 g/mol. The fraction of sp³-hybridized carbons (Fsp3) is 0.733. The fourth-order valence-electron chi connectivity index (χ4n) is 3.02. The molecule has 8 nitrogen and oxygen atoms in total. The highest BCUT2D eigenvalue weighted by atomic mass is 35.5. The molecule has 1 saturated heterocycles. The van der Waals surface area contributed by atoms with Gasteiger partial charge in [-0.15, -0.1) is 12.4 Å². The molecule has 0 atom stereocenters. The van der Waals surface area contributed by atoms with Crippen LogP contribution in [0.1, 0.15) is 24.3 Å². The number of nitrogens with zero attached hydrogens (tertiary/aromatic N) is 3. The lowest BCUT2D eigenvalue weighted by Gasteiger charge is -2.32. The third-order valence-corrected chi connectivity index (χ3v) is 6.59. The molecule has 0 aliphatic carbocycles. The van der Waals surface area contributed by atoms with Crippen molar-refractivity contribution >= 4 is 28.3 Å². The first kappa shape index (κ1) is 21.9. The van der Waals surface area contributed by atoms with Crippen LogP contribution in [0, 0.1) is 19.8 Å². The van der Waals surface area contributed by atoms with E-state index in [-0.39, 0.29) is 29.1 Å². The Labute approximate surface area is 155 Å². The van der Waals surface area contributed by atoms with Gasteiger partial charge in [0.2, 0.25) is 15.9 Å². The number of aromatic nitrogens is 1. The summed E-state index contributed by atoms with van der Waals surface area (Å²) in [6.07, 6.45) is 1.07. The summed E-state index contributed by atoms with van der Waals surface area (Å²) in [6, 6.07) is 0. The Bertz CT molecular complexity index is 664. The summed E-state index contributed by atoms with van der Waals surface area (Å²) in [4.78, 5) is 14.3. The first-order chi connectivity index (χ1) is 11.3. The van der Waals surface area contributed by atoms with Gasteiger partial charge in [-0.2, -0.15) is 4.31 Å². The number of carbonyl (C=O) groups is 1. The molecule has 1 N–H and O–H groups in total. The van der Waals surface area contributed by atoms with Gasteiger partial charge in [0.15, 0.2) is 5.76 Å². The lowest BCUT2D eigenvalue weighted by Crippen LogP contribution is -2.44. The minimum Gasteiger partial charge on any atom is -0.360 e. The maximum atomic E-state index is 12.8. The van der Waals surface area contributed by atoms with Crippen LogP contribution in [0.15, 0.2) is 9.42 Å². The summed E-state index contributed by atoms with van der Waals surface area (Å²) in [7, 11) is 0.00657. The zero-order chi connectivity index (χ0) is 17.9. The van der Waals surface area contributed by atoms with E-state index in [9.17, 15) is 13.2 Å². The quantitative estimate of drug-likeness (QED) is 0.766. The van der Waals surface area contributed by atoms with Crippen LogP contribution in [-0.4, -0.2) is 69.0 Å². The molecule has 0 radical (unpaired) electrons. The monoisotopic (exact) mass is 394 g/mol. The standard InChI is InChI=1S/C15H26N4O4S.ClH/c1-11-14(12(2)23-17-11)24(21,22)19-8-5-13(6-9-19)15(20)18(4)10-7-16-3;/h13,16H,5-10H2,1-4H3;1H. The van der Waals surface area contributed by atoms with Crippen molar-refractivity contribution in [3.05, 3.63) is 11.5 Å². The van der Waals surface area contributed by atoms with Gasteiger partial charge in [-0.1, -0.05) is 5.16 Å². The number of rotatable bonds is 6. The van der Waals surface area contributed by atoms with E-state index in [0.717, 1.165) is 6.54 Å². The Morgan fingerprint density at radius 2 is 1.96 bits per heavy atom. The molecule has 1 fully saturated rings. The van der Waals surface area contributed by atoms with Gasteiger partial charge in [0.25, 0.3) is 0 Å². The highest BCUT2D eigenvalue weighted by molar-refractivity contribution is 7.89. The molecule has 0 spiro atoms. The second kappa shape index (κ2) is 8.98. The van der Waals surface area contributed by atoms with Crippen molar-refractivity contribution in [2.45, 2.75) is 31.6 Å². The van der Waals surface area contributed by atoms with E-state index in [1.54, 1.807) is 25.8 Å². The summed E-state index contributed by atoms with van der Waals surface area (Å²) < 4.78 is 31.9. The van der Waals surface area contributed by atoms with Crippen molar-refractivity contribution in [1.29, 1.82) is 0 Å². The Morgan fingerprint density at radius 1 is 1.36 bits per heavy atom. The molecule has 1 aliphatic heterocycles. The Morgan fingerprint density at radius 3 is 2.44 bits per heavy atom. The number of amides is 1. The molecular weight excluding hydrogens is 368 g/mol. The van der Waals surface area contributed by atoms with Crippen molar-refractivity contribution < 1.29 is 17.7 Å². The maximum absolute atomic E-state index is 12.8. The highest BCUT2D eigenvalue weighted by Gasteiger charge is 2.35. The topological polar surface area (TPSA) is 95.8 Å². The van der Waals surface area contributed by atoms with Crippen LogP contribution in [0.4, 0.5) is 0 Å². The zero-order valence-corrected chi connectivity index (χ0v) is 16.7. The van der Waals surface area contributed by atoms with Crippen molar-refractivity contribution in [3.8, 4) is 0 Å². The van der Waals surface area contributed by atoms with E-state index in [2.05, 4.69) is 10.5 Å². The van der Waals surface area contributed by atoms with Gasteiger partial charge in [-0.3, -0.25) is 4.79 Å². The van der Waals surface area contributed by atoms with Crippen LogP contribution < -0.4 is 5.32 Å². The van der Waals surface area contributed by atoms with Crippen molar-refractivity contribution in [3.63, 3.8) is 0 Å². The molecule has 144 valence electrons. The van der Waals surface area contributed by atoms with Gasteiger partial charge in [-0.25, -0.2) is 8.42 Å². The third kappa shape index (κ3) is 4.72. The molecule has 10 heteroatoms. The normalized spacial score (nSPS) is 16.5. The third-order valence-electron chi connectivity index (χ3n) is 4.44. The zero-order valence-electron chi connectivity index (χ0n) is 15.1. The minimum absolute atomic E-state index is 0. The van der Waals surface area contributed by atoms with E-state index >= 15 is 0 Å². The van der Waals surface area contributed by atoms with Gasteiger partial charge in [0, 0.05) is 39.1 Å². The summed E-state index contributed by atoms with van der Waals surface area (Å²) >= 11 is 0. The van der Waals surface area contributed by atoms with Crippen LogP contribution in [0.5, 0.6) is 0 Å². The van der Waals surface area contributed by atoms with Gasteiger partial charge in [0.05, 0.1) is 0 Å². The molecule has 0 saturated carbocycles. The second-order valence-corrected chi connectivity index (χ2v) is 8.07. The summed E-state index contributed by atoms with van der Waals surface area (Å²) in [5.41, 5.74) is 0.373. The van der Waals surface area contributed by atoms with Gasteiger partial charge >= 0.3 is 0 Å². The molecule has 1 aliphatic rings. The lowest BCUT2D eigenvalue weighted by molar-refractivity contribution is -0.135. The van der Waals surface area contributed by atoms with Crippen LogP contribution >= 0.6 is 12.4 Å². The second-order valence-electron chi connectivity index (χ2n) is 6.20. The Hall–Kier alpha value is -1.16. The summed E-state index contributed by atoms with van der Waals surface area (Å²) in [6.45, 7) is 5.27. The molecule has 2 rings (SSSR count). The smallest absolute Gasteiger partial charge is 0.248 e. The minimum atomic E-state index is -3.62. The van der Waals surface area contributed by atoms with Crippen LogP contribution in [0.25, 0.3) is 0 Å². The number of halogens is 1. The van der Waals surface area contributed by atoms with E-state index in [0.29, 0.717) is 43.9 Å². The van der Waals surface area contributed by atoms with Crippen molar-refractivity contribution in [2.75, 3.05) is 40.3 Å². The number of carbonyl (C=O) groups excluding carboxylic acids is 1. The number of likely N-dealkylation sites (N-methyl/N-ethyl adjacent to an activating group) is 2. The molecule has 1 aromatic rings. The predicted octanol–water partition coefficient (Wildman–Crippen LogP) is 0.792. The van der Waals surface area contributed by atoms with E-state index in [1.807, 2.05) is 7.05 Å². The number of hydrogen-bond acceptors (Lipinski definition) is 6. The number of aryl methyl sites for hydroxylation is 2. The molecular formula is C15H27ClN4O4S. The van der Waals surface area contributed by atoms with Crippen LogP contribution in [0.3, 0.4) is 0 Å². The maximum Gasteiger partial charge on any atom is 0.248 e. The molecule has 0 aromatic carbocycles. The average Bonchev–Trinajstić information content (AvgIpc) is 2.91. The summed E-state index contributed by atoms with van der Waals surface area (Å²) in [5, 5.41) is 6.74. The molecule has 25 heavy (non-hydrogen) atoms. The van der Waals surface area contributed by atoms with E-state index in [4.69, 9.17) is 4.52 Å².